The summed E-state index contributed by atoms with van der Waals surface area (Å²) in [6, 6.07) is 5.65. The lowest BCUT2D eigenvalue weighted by Crippen LogP contribution is -3.11. The van der Waals surface area contributed by atoms with E-state index in [4.69, 9.17) is 9.47 Å². The standard InChI is InChI=1S/C18H21N3O3S/c1-2-21-6-5-13-16(11-21)25-18(19-13)20-17(22)10-12-3-4-14-15(9-12)24-8-7-23-14/h3-4,9H,2,5-8,10-11H2,1H3,(H,19,20,22)/p+1. The first-order valence-electron chi connectivity index (χ1n) is 8.72. The van der Waals surface area contributed by atoms with Crippen LogP contribution in [-0.2, 0) is 24.2 Å². The Kier molecular flexibility index (Phi) is 4.59. The summed E-state index contributed by atoms with van der Waals surface area (Å²) in [7, 11) is 0. The SMILES string of the molecule is CC[NH+]1CCc2nc(NC(=O)Cc3ccc4c(c3)OCCO4)sc2C1. The van der Waals surface area contributed by atoms with Crippen molar-refractivity contribution in [3.63, 3.8) is 0 Å². The van der Waals surface area contributed by atoms with Crippen molar-refractivity contribution >= 4 is 22.4 Å². The maximum Gasteiger partial charge on any atom is 0.230 e. The molecule has 0 fully saturated rings. The van der Waals surface area contributed by atoms with Crippen molar-refractivity contribution in [1.29, 1.82) is 0 Å². The number of carbonyl (C=O) groups is 1. The van der Waals surface area contributed by atoms with Gasteiger partial charge in [-0.3, -0.25) is 4.79 Å². The molecule has 1 aromatic carbocycles. The van der Waals surface area contributed by atoms with Gasteiger partial charge in [0.2, 0.25) is 5.91 Å². The van der Waals surface area contributed by atoms with E-state index in [1.807, 2.05) is 18.2 Å². The lowest BCUT2D eigenvalue weighted by atomic mass is 10.1. The minimum Gasteiger partial charge on any atom is -0.486 e. The number of carbonyl (C=O) groups excluding carboxylic acids is 1. The largest absolute Gasteiger partial charge is 0.486 e. The van der Waals surface area contributed by atoms with E-state index in [2.05, 4.69) is 17.2 Å². The van der Waals surface area contributed by atoms with E-state index in [1.54, 1.807) is 16.2 Å². The minimum absolute atomic E-state index is 0.0533. The topological polar surface area (TPSA) is 64.9 Å². The molecule has 2 aliphatic heterocycles. The van der Waals surface area contributed by atoms with Gasteiger partial charge in [-0.05, 0) is 24.6 Å². The molecule has 1 aromatic heterocycles. The minimum atomic E-state index is -0.0533. The average molecular weight is 360 g/mol. The van der Waals surface area contributed by atoms with Crippen molar-refractivity contribution in [3.05, 3.63) is 34.3 Å². The Morgan fingerprint density at radius 1 is 1.32 bits per heavy atom. The second kappa shape index (κ2) is 7.01. The number of likely N-dealkylation sites (N-methyl/N-ethyl adjacent to an activating group) is 1. The molecular weight excluding hydrogens is 338 g/mol. The van der Waals surface area contributed by atoms with Gasteiger partial charge in [-0.25, -0.2) is 4.98 Å². The Morgan fingerprint density at radius 2 is 2.16 bits per heavy atom. The van der Waals surface area contributed by atoms with E-state index in [0.29, 0.717) is 30.5 Å². The molecule has 0 spiro atoms. The molecule has 1 atom stereocenters. The highest BCUT2D eigenvalue weighted by atomic mass is 32.1. The highest BCUT2D eigenvalue weighted by Gasteiger charge is 2.23. The number of nitrogens with one attached hydrogen (secondary N) is 2. The van der Waals surface area contributed by atoms with E-state index in [-0.39, 0.29) is 5.91 Å². The Hall–Kier alpha value is -2.12. The monoisotopic (exact) mass is 360 g/mol. The van der Waals surface area contributed by atoms with E-state index in [9.17, 15) is 4.79 Å². The van der Waals surface area contributed by atoms with Crippen LogP contribution in [-0.4, -0.2) is 37.2 Å². The van der Waals surface area contributed by atoms with Gasteiger partial charge in [-0.15, -0.1) is 0 Å². The van der Waals surface area contributed by atoms with Crippen LogP contribution in [0.2, 0.25) is 0 Å². The number of fused-ring (bicyclic) bond motifs is 2. The Balaban J connectivity index is 1.40. The summed E-state index contributed by atoms with van der Waals surface area (Å²) >= 11 is 1.61. The van der Waals surface area contributed by atoms with Gasteiger partial charge in [-0.2, -0.15) is 0 Å². The van der Waals surface area contributed by atoms with Crippen LogP contribution in [0.3, 0.4) is 0 Å². The van der Waals surface area contributed by atoms with Gasteiger partial charge in [0, 0.05) is 6.42 Å². The number of aromatic nitrogens is 1. The maximum absolute atomic E-state index is 12.4. The molecule has 2 aromatic rings. The molecule has 0 saturated carbocycles. The molecule has 6 nitrogen and oxygen atoms in total. The zero-order valence-electron chi connectivity index (χ0n) is 14.3. The highest BCUT2D eigenvalue weighted by Crippen LogP contribution is 2.31. The van der Waals surface area contributed by atoms with Gasteiger partial charge in [0.25, 0.3) is 0 Å². The molecular formula is C18H22N3O3S+. The Morgan fingerprint density at radius 3 is 3.00 bits per heavy atom. The second-order valence-corrected chi connectivity index (χ2v) is 7.46. The first-order valence-corrected chi connectivity index (χ1v) is 9.53. The number of quaternary nitrogens is 1. The number of hydrogen-bond acceptors (Lipinski definition) is 5. The summed E-state index contributed by atoms with van der Waals surface area (Å²) in [5.41, 5.74) is 2.06. The van der Waals surface area contributed by atoms with Crippen molar-refractivity contribution in [1.82, 2.24) is 4.98 Å². The van der Waals surface area contributed by atoms with Crippen LogP contribution >= 0.6 is 11.3 Å². The Labute approximate surface area is 150 Å². The van der Waals surface area contributed by atoms with E-state index in [0.717, 1.165) is 43.1 Å². The molecule has 3 heterocycles. The molecule has 4 rings (SSSR count). The molecule has 2 aliphatic rings. The molecule has 7 heteroatoms. The zero-order valence-corrected chi connectivity index (χ0v) is 15.1. The van der Waals surface area contributed by atoms with Crippen LogP contribution < -0.4 is 19.7 Å². The normalized spacial score (nSPS) is 18.5. The first-order chi connectivity index (χ1) is 12.2. The van der Waals surface area contributed by atoms with Gasteiger partial charge in [0.05, 0.1) is 30.1 Å². The number of ether oxygens (including phenoxy) is 2. The first kappa shape index (κ1) is 16.4. The molecule has 2 N–H and O–H groups in total. The molecule has 0 aliphatic carbocycles. The lowest BCUT2D eigenvalue weighted by molar-refractivity contribution is -0.913. The summed E-state index contributed by atoms with van der Waals surface area (Å²) in [5.74, 6) is 1.40. The number of amides is 1. The van der Waals surface area contributed by atoms with Crippen molar-refractivity contribution < 1.29 is 19.2 Å². The third-order valence-corrected chi connectivity index (χ3v) is 5.63. The van der Waals surface area contributed by atoms with Gasteiger partial charge >= 0.3 is 0 Å². The van der Waals surface area contributed by atoms with Crippen LogP contribution in [0.5, 0.6) is 11.5 Å². The van der Waals surface area contributed by atoms with Crippen molar-refractivity contribution in [2.24, 2.45) is 0 Å². The number of benzene rings is 1. The quantitative estimate of drug-likeness (QED) is 0.856. The summed E-state index contributed by atoms with van der Waals surface area (Å²) < 4.78 is 11.1. The summed E-state index contributed by atoms with van der Waals surface area (Å²) in [6.45, 7) is 6.59. The van der Waals surface area contributed by atoms with Gasteiger partial charge in [0.1, 0.15) is 19.8 Å². The van der Waals surface area contributed by atoms with Crippen LogP contribution in [0, 0.1) is 0 Å². The van der Waals surface area contributed by atoms with Crippen molar-refractivity contribution in [2.75, 3.05) is 31.6 Å². The predicted molar refractivity (Wildman–Crippen MR) is 95.7 cm³/mol. The van der Waals surface area contributed by atoms with E-state index in [1.165, 1.54) is 4.88 Å². The highest BCUT2D eigenvalue weighted by molar-refractivity contribution is 7.15. The zero-order chi connectivity index (χ0) is 17.2. The molecule has 0 radical (unpaired) electrons. The predicted octanol–water partition coefficient (Wildman–Crippen LogP) is 1.06. The fraction of sp³-hybridized carbons (Fsp3) is 0.444. The fourth-order valence-corrected chi connectivity index (χ4v) is 4.33. The van der Waals surface area contributed by atoms with Crippen molar-refractivity contribution in [3.8, 4) is 11.5 Å². The summed E-state index contributed by atoms with van der Waals surface area (Å²) in [4.78, 5) is 19.8. The van der Waals surface area contributed by atoms with Crippen LogP contribution in [0.4, 0.5) is 5.13 Å². The van der Waals surface area contributed by atoms with E-state index < -0.39 is 0 Å². The number of hydrogen-bond donors (Lipinski definition) is 2. The molecule has 132 valence electrons. The number of rotatable bonds is 4. The fourth-order valence-electron chi connectivity index (χ4n) is 3.23. The Bertz CT molecular complexity index is 790. The molecule has 1 unspecified atom stereocenters. The van der Waals surface area contributed by atoms with Gasteiger partial charge < -0.3 is 19.7 Å². The average Bonchev–Trinajstić information content (AvgIpc) is 3.02. The van der Waals surface area contributed by atoms with Crippen LogP contribution in [0.15, 0.2) is 18.2 Å². The number of anilines is 1. The van der Waals surface area contributed by atoms with Gasteiger partial charge in [-0.1, -0.05) is 17.4 Å². The smallest absolute Gasteiger partial charge is 0.230 e. The summed E-state index contributed by atoms with van der Waals surface area (Å²) in [6.07, 6.45) is 1.29. The lowest BCUT2D eigenvalue weighted by Gasteiger charge is -2.20. The maximum atomic E-state index is 12.4. The number of thiazole rings is 1. The summed E-state index contributed by atoms with van der Waals surface area (Å²) in [5, 5.41) is 3.66. The second-order valence-electron chi connectivity index (χ2n) is 6.37. The number of nitrogens with zero attached hydrogens (tertiary/aromatic N) is 1. The van der Waals surface area contributed by atoms with E-state index >= 15 is 0 Å². The third kappa shape index (κ3) is 3.62. The van der Waals surface area contributed by atoms with Crippen LogP contribution in [0.1, 0.15) is 23.1 Å². The molecule has 0 saturated heterocycles. The molecule has 25 heavy (non-hydrogen) atoms. The molecule has 1 amide bonds. The van der Waals surface area contributed by atoms with Crippen molar-refractivity contribution in [2.45, 2.75) is 26.3 Å². The third-order valence-electron chi connectivity index (χ3n) is 4.62. The van der Waals surface area contributed by atoms with Crippen LogP contribution in [0.25, 0.3) is 0 Å². The van der Waals surface area contributed by atoms with Gasteiger partial charge in [0.15, 0.2) is 16.6 Å². The molecule has 0 bridgehead atoms.